The highest BCUT2D eigenvalue weighted by Gasteiger charge is 2.54. The first-order valence-corrected chi connectivity index (χ1v) is 10.5. The Morgan fingerprint density at radius 2 is 1.74 bits per heavy atom. The Balaban J connectivity index is 2.04. The zero-order chi connectivity index (χ0) is 20.2. The van der Waals surface area contributed by atoms with E-state index >= 15 is 0 Å². The number of esters is 2. The molecule has 1 aromatic carbocycles. The van der Waals surface area contributed by atoms with Gasteiger partial charge in [-0.2, -0.15) is 0 Å². The number of carbonyl (C=O) groups is 3. The van der Waals surface area contributed by atoms with Crippen LogP contribution in [0.5, 0.6) is 0 Å². The normalized spacial score (nSPS) is 16.6. The van der Waals surface area contributed by atoms with Crippen LogP contribution in [0.3, 0.4) is 0 Å². The van der Waals surface area contributed by atoms with E-state index in [2.05, 4.69) is 4.72 Å². The van der Waals surface area contributed by atoms with E-state index in [-0.39, 0.29) is 12.2 Å². The average molecular weight is 397 g/mol. The molecule has 27 heavy (non-hydrogen) atoms. The molecule has 2 rings (SSSR count). The molecule has 148 valence electrons. The van der Waals surface area contributed by atoms with Crippen LogP contribution in [0.1, 0.15) is 43.5 Å². The summed E-state index contributed by atoms with van der Waals surface area (Å²) in [5.74, 6) is -1.81. The lowest BCUT2D eigenvalue weighted by atomic mass is 9.68. The van der Waals surface area contributed by atoms with Crippen LogP contribution in [-0.4, -0.2) is 45.1 Å². The first-order valence-electron chi connectivity index (χ1n) is 8.59. The third-order valence-electron chi connectivity index (χ3n) is 4.39. The second kappa shape index (κ2) is 8.08. The molecule has 1 unspecified atom stereocenters. The Bertz CT molecular complexity index is 826. The van der Waals surface area contributed by atoms with Gasteiger partial charge in [-0.15, -0.1) is 0 Å². The molecular weight excluding hydrogens is 374 g/mol. The van der Waals surface area contributed by atoms with Crippen LogP contribution in [0.4, 0.5) is 5.69 Å². The van der Waals surface area contributed by atoms with Crippen molar-refractivity contribution < 1.29 is 32.3 Å². The number of hydrogen-bond acceptors (Lipinski definition) is 7. The van der Waals surface area contributed by atoms with Gasteiger partial charge in [0.25, 0.3) is 0 Å². The number of Topliss-reactive ketones (excluding diaryl/α,β-unsaturated/α-hetero) is 1. The lowest BCUT2D eigenvalue weighted by Crippen LogP contribution is -2.48. The van der Waals surface area contributed by atoms with Crippen molar-refractivity contribution in [2.75, 3.05) is 17.6 Å². The number of hydrogen-bond donors (Lipinski definition) is 1. The number of anilines is 1. The quantitative estimate of drug-likeness (QED) is 0.405. The first-order chi connectivity index (χ1) is 12.6. The molecule has 0 saturated heterocycles. The van der Waals surface area contributed by atoms with Crippen molar-refractivity contribution in [2.24, 2.45) is 5.41 Å². The van der Waals surface area contributed by atoms with Crippen molar-refractivity contribution in [3.05, 3.63) is 29.8 Å². The molecule has 1 aliphatic carbocycles. The van der Waals surface area contributed by atoms with Gasteiger partial charge in [-0.1, -0.05) is 0 Å². The molecule has 0 spiro atoms. The highest BCUT2D eigenvalue weighted by atomic mass is 32.2. The molecule has 1 saturated carbocycles. The van der Waals surface area contributed by atoms with Gasteiger partial charge in [-0.25, -0.2) is 8.42 Å². The average Bonchev–Trinajstić information content (AvgIpc) is 2.52. The van der Waals surface area contributed by atoms with E-state index in [1.165, 1.54) is 31.2 Å². The summed E-state index contributed by atoms with van der Waals surface area (Å²) in [6.07, 6.45) is 1.34. The summed E-state index contributed by atoms with van der Waals surface area (Å²) in [7, 11) is -3.42. The van der Waals surface area contributed by atoms with Gasteiger partial charge in [-0.05, 0) is 57.4 Å². The first kappa shape index (κ1) is 20.9. The topological polar surface area (TPSA) is 116 Å². The number of benzene rings is 1. The molecule has 0 heterocycles. The molecule has 0 aromatic heterocycles. The molecule has 0 radical (unpaired) electrons. The van der Waals surface area contributed by atoms with Gasteiger partial charge in [0, 0.05) is 11.3 Å². The highest BCUT2D eigenvalue weighted by molar-refractivity contribution is 7.92. The summed E-state index contributed by atoms with van der Waals surface area (Å²) >= 11 is 0. The van der Waals surface area contributed by atoms with Crippen LogP contribution in [-0.2, 0) is 29.1 Å². The fourth-order valence-corrected chi connectivity index (χ4v) is 3.33. The van der Waals surface area contributed by atoms with Crippen LogP contribution in [0.2, 0.25) is 0 Å². The predicted molar refractivity (Wildman–Crippen MR) is 97.7 cm³/mol. The Hall–Kier alpha value is -2.42. The molecule has 1 fully saturated rings. The molecule has 0 bridgehead atoms. The smallest absolute Gasteiger partial charge is 0.324 e. The second-order valence-electron chi connectivity index (χ2n) is 6.52. The van der Waals surface area contributed by atoms with Gasteiger partial charge in [-0.3, -0.25) is 19.1 Å². The van der Waals surface area contributed by atoms with Crippen LogP contribution < -0.4 is 4.72 Å². The zero-order valence-corrected chi connectivity index (χ0v) is 16.3. The third kappa shape index (κ3) is 4.85. The van der Waals surface area contributed by atoms with E-state index < -0.39 is 39.3 Å². The van der Waals surface area contributed by atoms with E-state index in [0.29, 0.717) is 24.9 Å². The number of sulfonamides is 1. The minimum Gasteiger partial charge on any atom is -0.465 e. The predicted octanol–water partition coefficient (Wildman–Crippen LogP) is 1.91. The summed E-state index contributed by atoms with van der Waals surface area (Å²) in [5.41, 5.74) is -0.740. The maximum atomic E-state index is 12.5. The van der Waals surface area contributed by atoms with E-state index in [1.807, 2.05) is 0 Å². The SMILES string of the molecule is CCOC(=O)C1(C(=O)OC(C)C(=O)c2ccc(NS(C)(=O)=O)cc2)CCC1. The van der Waals surface area contributed by atoms with Gasteiger partial charge >= 0.3 is 11.9 Å². The van der Waals surface area contributed by atoms with Gasteiger partial charge in [0.2, 0.25) is 15.8 Å². The van der Waals surface area contributed by atoms with E-state index in [1.54, 1.807) is 6.92 Å². The number of rotatable bonds is 8. The van der Waals surface area contributed by atoms with E-state index in [0.717, 1.165) is 6.26 Å². The number of nitrogens with one attached hydrogen (secondary N) is 1. The van der Waals surface area contributed by atoms with Crippen molar-refractivity contribution >= 4 is 33.4 Å². The van der Waals surface area contributed by atoms with Crippen molar-refractivity contribution in [3.8, 4) is 0 Å². The van der Waals surface area contributed by atoms with Crippen LogP contribution in [0.25, 0.3) is 0 Å². The monoisotopic (exact) mass is 397 g/mol. The maximum Gasteiger partial charge on any atom is 0.324 e. The summed E-state index contributed by atoms with van der Waals surface area (Å²) < 4.78 is 34.9. The molecule has 8 nitrogen and oxygen atoms in total. The van der Waals surface area contributed by atoms with Crippen LogP contribution in [0.15, 0.2) is 24.3 Å². The molecule has 1 aromatic rings. The van der Waals surface area contributed by atoms with Crippen molar-refractivity contribution in [2.45, 2.75) is 39.2 Å². The van der Waals surface area contributed by atoms with Gasteiger partial charge in [0.05, 0.1) is 12.9 Å². The Labute approximate surface area is 158 Å². The zero-order valence-electron chi connectivity index (χ0n) is 15.5. The Kier molecular flexibility index (Phi) is 6.25. The maximum absolute atomic E-state index is 12.5. The number of ketones is 1. The fraction of sp³-hybridized carbons (Fsp3) is 0.500. The third-order valence-corrected chi connectivity index (χ3v) is 5.00. The fourth-order valence-electron chi connectivity index (χ4n) is 2.77. The minimum atomic E-state index is -3.42. The lowest BCUT2D eigenvalue weighted by Gasteiger charge is -2.36. The second-order valence-corrected chi connectivity index (χ2v) is 8.27. The van der Waals surface area contributed by atoms with Gasteiger partial charge in [0.1, 0.15) is 0 Å². The lowest BCUT2D eigenvalue weighted by molar-refractivity contribution is -0.180. The van der Waals surface area contributed by atoms with E-state index in [9.17, 15) is 22.8 Å². The van der Waals surface area contributed by atoms with Crippen molar-refractivity contribution in [1.82, 2.24) is 0 Å². The van der Waals surface area contributed by atoms with Crippen molar-refractivity contribution in [1.29, 1.82) is 0 Å². The molecular formula is C18H23NO7S. The van der Waals surface area contributed by atoms with Crippen LogP contribution in [0, 0.1) is 5.41 Å². The molecule has 0 amide bonds. The summed E-state index contributed by atoms with van der Waals surface area (Å²) in [6.45, 7) is 3.25. The van der Waals surface area contributed by atoms with E-state index in [4.69, 9.17) is 9.47 Å². The Morgan fingerprint density at radius 1 is 1.15 bits per heavy atom. The summed E-state index contributed by atoms with van der Waals surface area (Å²) in [4.78, 5) is 37.0. The van der Waals surface area contributed by atoms with Gasteiger partial charge < -0.3 is 9.47 Å². The minimum absolute atomic E-state index is 0.163. The standard InChI is InChI=1S/C18H23NO7S/c1-4-25-16(21)18(10-5-11-18)17(22)26-12(2)15(20)13-6-8-14(9-7-13)19-27(3,23)24/h6-9,12,19H,4-5,10-11H2,1-3H3. The van der Waals surface area contributed by atoms with Crippen molar-refractivity contribution in [3.63, 3.8) is 0 Å². The Morgan fingerprint density at radius 3 is 2.19 bits per heavy atom. The molecule has 9 heteroatoms. The molecule has 0 aliphatic heterocycles. The highest BCUT2D eigenvalue weighted by Crippen LogP contribution is 2.43. The molecule has 1 N–H and O–H groups in total. The summed E-state index contributed by atoms with van der Waals surface area (Å²) in [5, 5.41) is 0. The number of carbonyl (C=O) groups excluding carboxylic acids is 3. The largest absolute Gasteiger partial charge is 0.465 e. The van der Waals surface area contributed by atoms with Crippen LogP contribution >= 0.6 is 0 Å². The molecule has 1 aliphatic rings. The number of ether oxygens (including phenoxy) is 2. The summed E-state index contributed by atoms with van der Waals surface area (Å²) in [6, 6.07) is 5.75. The molecule has 1 atom stereocenters. The van der Waals surface area contributed by atoms with Gasteiger partial charge in [0.15, 0.2) is 11.5 Å².